The summed E-state index contributed by atoms with van der Waals surface area (Å²) < 4.78 is 5.37. The Morgan fingerprint density at radius 2 is 2.35 bits per heavy atom. The summed E-state index contributed by atoms with van der Waals surface area (Å²) in [4.78, 5) is 10.7. The second-order valence-corrected chi connectivity index (χ2v) is 5.14. The van der Waals surface area contributed by atoms with Crippen molar-refractivity contribution in [2.45, 2.75) is 4.83 Å². The van der Waals surface area contributed by atoms with Crippen LogP contribution in [0.4, 0.5) is 5.69 Å². The molecular weight excluding hydrogens is 352 g/mol. The highest BCUT2D eigenvalue weighted by molar-refractivity contribution is 9.10. The molecule has 0 aliphatic carbocycles. The van der Waals surface area contributed by atoms with Crippen LogP contribution >= 0.6 is 31.9 Å². The smallest absolute Gasteiger partial charge is 0.321 e. The first-order valence-electron chi connectivity index (χ1n) is 4.74. The van der Waals surface area contributed by atoms with Gasteiger partial charge in [0.05, 0.1) is 18.7 Å². The van der Waals surface area contributed by atoms with Gasteiger partial charge in [0, 0.05) is 16.7 Å². The zero-order chi connectivity index (χ0) is 12.8. The van der Waals surface area contributed by atoms with Gasteiger partial charge in [0.2, 0.25) is 0 Å². The van der Waals surface area contributed by atoms with Gasteiger partial charge < -0.3 is 10.1 Å². The third-order valence-corrected chi connectivity index (χ3v) is 3.38. The highest BCUT2D eigenvalue weighted by Gasteiger charge is 2.14. The Bertz CT molecular complexity index is 457. The molecule has 0 aliphatic heterocycles. The first kappa shape index (κ1) is 14.0. The van der Waals surface area contributed by atoms with Crippen molar-refractivity contribution >= 4 is 43.5 Å². The molecule has 1 rings (SSSR count). The van der Waals surface area contributed by atoms with Crippen LogP contribution in [-0.4, -0.2) is 24.5 Å². The molecule has 0 fully saturated rings. The maximum atomic E-state index is 11.2. The van der Waals surface area contributed by atoms with Gasteiger partial charge in [-0.05, 0) is 34.1 Å². The van der Waals surface area contributed by atoms with Crippen molar-refractivity contribution in [1.29, 1.82) is 5.26 Å². The van der Waals surface area contributed by atoms with Crippen LogP contribution < -0.4 is 5.32 Å². The summed E-state index contributed by atoms with van der Waals surface area (Å²) in [6, 6.07) is 7.24. The van der Waals surface area contributed by atoms with E-state index in [1.807, 2.05) is 6.07 Å². The second-order valence-electron chi connectivity index (χ2n) is 3.18. The molecular formula is C11H10Br2N2O2. The van der Waals surface area contributed by atoms with Crippen molar-refractivity contribution in [2.24, 2.45) is 0 Å². The van der Waals surface area contributed by atoms with E-state index in [-0.39, 0.29) is 5.97 Å². The lowest BCUT2D eigenvalue weighted by atomic mass is 10.2. The molecule has 1 N–H and O–H groups in total. The molecule has 1 unspecified atom stereocenters. The summed E-state index contributed by atoms with van der Waals surface area (Å²) in [6.45, 7) is 0.400. The van der Waals surface area contributed by atoms with Gasteiger partial charge in [-0.25, -0.2) is 0 Å². The number of hydrogen-bond donors (Lipinski definition) is 1. The zero-order valence-electron chi connectivity index (χ0n) is 9.04. The largest absolute Gasteiger partial charge is 0.468 e. The maximum absolute atomic E-state index is 11.2. The number of carbonyl (C=O) groups is 1. The number of carbonyl (C=O) groups excluding carboxylic acids is 1. The van der Waals surface area contributed by atoms with Gasteiger partial charge in [-0.3, -0.25) is 4.79 Å². The van der Waals surface area contributed by atoms with E-state index >= 15 is 0 Å². The molecule has 0 spiro atoms. The second kappa shape index (κ2) is 6.62. The average molecular weight is 362 g/mol. The molecule has 0 bridgehead atoms. The number of nitrogens with zero attached hydrogens (tertiary/aromatic N) is 1. The number of alkyl halides is 1. The van der Waals surface area contributed by atoms with Gasteiger partial charge in [0.25, 0.3) is 0 Å². The van der Waals surface area contributed by atoms with Crippen LogP contribution in [0.2, 0.25) is 0 Å². The van der Waals surface area contributed by atoms with Crippen molar-refractivity contribution in [3.05, 3.63) is 28.2 Å². The van der Waals surface area contributed by atoms with Gasteiger partial charge in [0.1, 0.15) is 4.83 Å². The van der Waals surface area contributed by atoms with E-state index in [4.69, 9.17) is 5.26 Å². The van der Waals surface area contributed by atoms with Crippen LogP contribution in [0.3, 0.4) is 0 Å². The van der Waals surface area contributed by atoms with E-state index < -0.39 is 4.83 Å². The van der Waals surface area contributed by atoms with Gasteiger partial charge >= 0.3 is 5.97 Å². The van der Waals surface area contributed by atoms with Gasteiger partial charge in [-0.15, -0.1) is 0 Å². The number of nitrogens with one attached hydrogen (secondary N) is 1. The third kappa shape index (κ3) is 4.02. The molecule has 0 saturated heterocycles. The third-order valence-electron chi connectivity index (χ3n) is 2.03. The van der Waals surface area contributed by atoms with Crippen LogP contribution in [0.5, 0.6) is 0 Å². The van der Waals surface area contributed by atoms with E-state index in [9.17, 15) is 4.79 Å². The number of halogens is 2. The Hall–Kier alpha value is -1.06. The minimum Gasteiger partial charge on any atom is -0.468 e. The van der Waals surface area contributed by atoms with Crippen LogP contribution in [0.25, 0.3) is 0 Å². The summed E-state index contributed by atoms with van der Waals surface area (Å²) in [5.74, 6) is -0.331. The standard InChI is InChI=1S/C11H10Br2N2O2/c1-17-11(16)9(13)6-15-10-3-2-7(5-14)4-8(10)12/h2-4,9,15H,6H2,1H3. The molecule has 1 aromatic carbocycles. The van der Waals surface area contributed by atoms with E-state index in [0.29, 0.717) is 12.1 Å². The Kier molecular flexibility index (Phi) is 5.45. The quantitative estimate of drug-likeness (QED) is 0.661. The molecule has 6 heteroatoms. The fraction of sp³-hybridized carbons (Fsp3) is 0.273. The molecule has 90 valence electrons. The summed E-state index contributed by atoms with van der Waals surface area (Å²) in [7, 11) is 1.34. The highest BCUT2D eigenvalue weighted by atomic mass is 79.9. The molecule has 4 nitrogen and oxygen atoms in total. The van der Waals surface area contributed by atoms with Crippen LogP contribution in [0, 0.1) is 11.3 Å². The van der Waals surface area contributed by atoms with Gasteiger partial charge in [-0.1, -0.05) is 15.9 Å². The van der Waals surface area contributed by atoms with Gasteiger partial charge in [0.15, 0.2) is 0 Å². The number of ether oxygens (including phenoxy) is 1. The Morgan fingerprint density at radius 3 is 2.88 bits per heavy atom. The Labute approximate surface area is 116 Å². The lowest BCUT2D eigenvalue weighted by Gasteiger charge is -2.11. The fourth-order valence-corrected chi connectivity index (χ4v) is 2.01. The monoisotopic (exact) mass is 360 g/mol. The number of hydrogen-bond acceptors (Lipinski definition) is 4. The Balaban J connectivity index is 2.64. The van der Waals surface area contributed by atoms with Crippen molar-refractivity contribution < 1.29 is 9.53 Å². The van der Waals surface area contributed by atoms with Crippen LogP contribution in [0.15, 0.2) is 22.7 Å². The summed E-state index contributed by atoms with van der Waals surface area (Å²) >= 11 is 6.56. The summed E-state index contributed by atoms with van der Waals surface area (Å²) in [6.07, 6.45) is 0. The molecule has 0 radical (unpaired) electrons. The molecule has 0 aromatic heterocycles. The zero-order valence-corrected chi connectivity index (χ0v) is 12.2. The van der Waals surface area contributed by atoms with Crippen LogP contribution in [-0.2, 0) is 9.53 Å². The lowest BCUT2D eigenvalue weighted by molar-refractivity contribution is -0.139. The Morgan fingerprint density at radius 1 is 1.65 bits per heavy atom. The number of rotatable bonds is 4. The fourth-order valence-electron chi connectivity index (χ4n) is 1.14. The predicted octanol–water partition coefficient (Wildman–Crippen LogP) is 2.67. The average Bonchev–Trinajstić information content (AvgIpc) is 2.35. The molecule has 1 aromatic rings. The van der Waals surface area contributed by atoms with Gasteiger partial charge in [-0.2, -0.15) is 5.26 Å². The van der Waals surface area contributed by atoms with E-state index in [1.54, 1.807) is 18.2 Å². The first-order valence-corrected chi connectivity index (χ1v) is 6.44. The number of benzene rings is 1. The van der Waals surface area contributed by atoms with E-state index in [2.05, 4.69) is 41.9 Å². The number of methoxy groups -OCH3 is 1. The number of esters is 1. The number of anilines is 1. The maximum Gasteiger partial charge on any atom is 0.321 e. The highest BCUT2D eigenvalue weighted by Crippen LogP contribution is 2.23. The topological polar surface area (TPSA) is 62.1 Å². The van der Waals surface area contributed by atoms with Crippen molar-refractivity contribution in [2.75, 3.05) is 19.0 Å². The summed E-state index contributed by atoms with van der Waals surface area (Å²) in [5, 5.41) is 11.8. The molecule has 17 heavy (non-hydrogen) atoms. The minimum atomic E-state index is -0.407. The van der Waals surface area contributed by atoms with Crippen molar-refractivity contribution in [1.82, 2.24) is 0 Å². The SMILES string of the molecule is COC(=O)C(Br)CNc1ccc(C#N)cc1Br. The summed E-state index contributed by atoms with van der Waals surface area (Å²) in [5.41, 5.74) is 1.39. The van der Waals surface area contributed by atoms with E-state index in [0.717, 1.165) is 10.2 Å². The lowest BCUT2D eigenvalue weighted by Crippen LogP contribution is -2.24. The predicted molar refractivity (Wildman–Crippen MR) is 72.1 cm³/mol. The minimum absolute atomic E-state index is 0.331. The van der Waals surface area contributed by atoms with Crippen molar-refractivity contribution in [3.63, 3.8) is 0 Å². The first-order chi connectivity index (χ1) is 8.08. The molecule has 0 amide bonds. The van der Waals surface area contributed by atoms with E-state index in [1.165, 1.54) is 7.11 Å². The normalized spacial score (nSPS) is 11.4. The number of nitriles is 1. The molecule has 1 atom stereocenters. The van der Waals surface area contributed by atoms with Crippen LogP contribution in [0.1, 0.15) is 5.56 Å². The molecule has 0 saturated carbocycles. The molecule has 0 heterocycles. The van der Waals surface area contributed by atoms with Crippen molar-refractivity contribution in [3.8, 4) is 6.07 Å². The molecule has 0 aliphatic rings.